The van der Waals surface area contributed by atoms with Crippen LogP contribution in [0.5, 0.6) is 0 Å². The second kappa shape index (κ2) is 5.65. The number of nitrogens with one attached hydrogen (secondary N) is 1. The van der Waals surface area contributed by atoms with E-state index >= 15 is 0 Å². The van der Waals surface area contributed by atoms with E-state index < -0.39 is 0 Å². The molecule has 0 aliphatic carbocycles. The van der Waals surface area contributed by atoms with Crippen molar-refractivity contribution in [2.75, 3.05) is 5.32 Å². The molecule has 18 heavy (non-hydrogen) atoms. The highest BCUT2D eigenvalue weighted by Crippen LogP contribution is 2.27. The highest BCUT2D eigenvalue weighted by atomic mass is 15.0. The molecule has 0 aliphatic rings. The number of rotatable bonds is 4. The molecule has 0 spiro atoms. The van der Waals surface area contributed by atoms with Crippen LogP contribution in [-0.4, -0.2) is 11.0 Å². The summed E-state index contributed by atoms with van der Waals surface area (Å²) >= 11 is 0. The van der Waals surface area contributed by atoms with E-state index in [1.165, 1.54) is 5.56 Å². The molecule has 3 heteroatoms. The molecule has 1 heterocycles. The fourth-order valence-corrected chi connectivity index (χ4v) is 1.99. The van der Waals surface area contributed by atoms with Gasteiger partial charge in [0.2, 0.25) is 0 Å². The van der Waals surface area contributed by atoms with Crippen molar-refractivity contribution >= 4 is 5.82 Å². The van der Waals surface area contributed by atoms with Gasteiger partial charge in [-0.2, -0.15) is 0 Å². The van der Waals surface area contributed by atoms with E-state index in [1.807, 2.05) is 30.5 Å². The number of nitrogens with two attached hydrogens (primary N) is 1. The van der Waals surface area contributed by atoms with Crippen molar-refractivity contribution in [2.45, 2.75) is 26.4 Å². The van der Waals surface area contributed by atoms with Crippen LogP contribution in [0.2, 0.25) is 0 Å². The monoisotopic (exact) mass is 241 g/mol. The van der Waals surface area contributed by atoms with Crippen LogP contribution in [0.3, 0.4) is 0 Å². The molecule has 94 valence electrons. The molecule has 0 bridgehead atoms. The third-order valence-electron chi connectivity index (χ3n) is 2.77. The Balaban J connectivity index is 2.48. The predicted octanol–water partition coefficient (Wildman–Crippen LogP) is 3.03. The molecule has 0 atom stereocenters. The summed E-state index contributed by atoms with van der Waals surface area (Å²) < 4.78 is 0. The van der Waals surface area contributed by atoms with Crippen LogP contribution in [-0.2, 0) is 6.54 Å². The molecule has 1 aromatic heterocycles. The molecule has 0 unspecified atom stereocenters. The Labute approximate surface area is 108 Å². The minimum Gasteiger partial charge on any atom is -0.368 e. The van der Waals surface area contributed by atoms with Gasteiger partial charge in [-0.15, -0.1) is 0 Å². The number of aromatic nitrogens is 1. The van der Waals surface area contributed by atoms with E-state index in [0.717, 1.165) is 16.9 Å². The smallest absolute Gasteiger partial charge is 0.131 e. The lowest BCUT2D eigenvalue weighted by molar-refractivity contribution is 0.879. The Hall–Kier alpha value is -1.87. The van der Waals surface area contributed by atoms with E-state index in [0.29, 0.717) is 12.6 Å². The summed E-state index contributed by atoms with van der Waals surface area (Å²) in [7, 11) is 0. The van der Waals surface area contributed by atoms with E-state index in [-0.39, 0.29) is 0 Å². The van der Waals surface area contributed by atoms with Crippen LogP contribution in [0.15, 0.2) is 42.6 Å². The van der Waals surface area contributed by atoms with E-state index in [2.05, 4.69) is 36.3 Å². The first kappa shape index (κ1) is 12.6. The Bertz CT molecular complexity index is 506. The maximum atomic E-state index is 5.88. The normalized spacial score (nSPS) is 10.7. The van der Waals surface area contributed by atoms with Crippen molar-refractivity contribution in [3.8, 4) is 11.1 Å². The van der Waals surface area contributed by atoms with Gasteiger partial charge in [-0.05, 0) is 31.0 Å². The molecule has 3 N–H and O–H groups in total. The van der Waals surface area contributed by atoms with Gasteiger partial charge in [0.05, 0.1) is 0 Å². The molecular weight excluding hydrogens is 222 g/mol. The molecule has 2 aromatic rings. The van der Waals surface area contributed by atoms with Gasteiger partial charge in [0.25, 0.3) is 0 Å². The Kier molecular flexibility index (Phi) is 3.95. The lowest BCUT2D eigenvalue weighted by Crippen LogP contribution is -2.15. The summed E-state index contributed by atoms with van der Waals surface area (Å²) in [4.78, 5) is 4.38. The summed E-state index contributed by atoms with van der Waals surface area (Å²) in [5.41, 5.74) is 9.27. The number of benzene rings is 1. The van der Waals surface area contributed by atoms with Crippen molar-refractivity contribution in [1.82, 2.24) is 4.98 Å². The van der Waals surface area contributed by atoms with Gasteiger partial charge < -0.3 is 11.1 Å². The quantitative estimate of drug-likeness (QED) is 0.865. The van der Waals surface area contributed by atoms with Crippen molar-refractivity contribution in [3.05, 3.63) is 48.2 Å². The largest absolute Gasteiger partial charge is 0.368 e. The van der Waals surface area contributed by atoms with E-state index in [9.17, 15) is 0 Å². The predicted molar refractivity (Wildman–Crippen MR) is 76.3 cm³/mol. The zero-order valence-electron chi connectivity index (χ0n) is 10.9. The van der Waals surface area contributed by atoms with Crippen LogP contribution < -0.4 is 11.1 Å². The molecule has 1 aromatic carbocycles. The van der Waals surface area contributed by atoms with Crippen molar-refractivity contribution in [2.24, 2.45) is 5.73 Å². The average Bonchev–Trinajstić information content (AvgIpc) is 2.39. The molecule has 3 nitrogen and oxygen atoms in total. The number of pyridine rings is 1. The third-order valence-corrected chi connectivity index (χ3v) is 2.77. The number of nitrogens with zero attached hydrogens (tertiary/aromatic N) is 1. The van der Waals surface area contributed by atoms with Crippen LogP contribution >= 0.6 is 0 Å². The summed E-state index contributed by atoms with van der Waals surface area (Å²) in [5.74, 6) is 0.883. The molecule has 0 fully saturated rings. The van der Waals surface area contributed by atoms with Crippen LogP contribution in [0.25, 0.3) is 11.1 Å². The minimum absolute atomic E-state index is 0.342. The topological polar surface area (TPSA) is 50.9 Å². The summed E-state index contributed by atoms with van der Waals surface area (Å²) in [5, 5.41) is 3.34. The number of hydrogen-bond acceptors (Lipinski definition) is 3. The standard InChI is InChI=1S/C15H19N3/c1-11(2)18-15-14(10-16)13(8-9-17-15)12-6-4-3-5-7-12/h3-9,11H,10,16H2,1-2H3,(H,17,18). The van der Waals surface area contributed by atoms with Gasteiger partial charge in [0.1, 0.15) is 5.82 Å². The number of anilines is 1. The Morgan fingerprint density at radius 2 is 1.89 bits per heavy atom. The minimum atomic E-state index is 0.342. The van der Waals surface area contributed by atoms with Gasteiger partial charge in [-0.3, -0.25) is 0 Å². The fraction of sp³-hybridized carbons (Fsp3) is 0.267. The first-order chi connectivity index (χ1) is 8.72. The highest BCUT2D eigenvalue weighted by molar-refractivity contribution is 5.72. The van der Waals surface area contributed by atoms with E-state index in [1.54, 1.807) is 0 Å². The van der Waals surface area contributed by atoms with Crippen LogP contribution in [0.4, 0.5) is 5.82 Å². The zero-order valence-corrected chi connectivity index (χ0v) is 10.9. The summed E-state index contributed by atoms with van der Waals surface area (Å²) in [6.07, 6.45) is 1.83. The van der Waals surface area contributed by atoms with E-state index in [4.69, 9.17) is 5.73 Å². The number of hydrogen-bond donors (Lipinski definition) is 2. The van der Waals surface area contributed by atoms with Gasteiger partial charge in [-0.1, -0.05) is 30.3 Å². The van der Waals surface area contributed by atoms with Gasteiger partial charge in [0, 0.05) is 24.3 Å². The average molecular weight is 241 g/mol. The van der Waals surface area contributed by atoms with Crippen LogP contribution in [0, 0.1) is 0 Å². The first-order valence-electron chi connectivity index (χ1n) is 6.22. The zero-order chi connectivity index (χ0) is 13.0. The maximum absolute atomic E-state index is 5.88. The lowest BCUT2D eigenvalue weighted by Gasteiger charge is -2.16. The van der Waals surface area contributed by atoms with Gasteiger partial charge in [0.15, 0.2) is 0 Å². The Morgan fingerprint density at radius 1 is 1.17 bits per heavy atom. The van der Waals surface area contributed by atoms with Crippen molar-refractivity contribution in [1.29, 1.82) is 0 Å². The molecule has 0 radical (unpaired) electrons. The molecule has 0 saturated carbocycles. The first-order valence-corrected chi connectivity index (χ1v) is 6.22. The second-order valence-electron chi connectivity index (χ2n) is 4.55. The molecule has 0 aliphatic heterocycles. The van der Waals surface area contributed by atoms with Crippen LogP contribution in [0.1, 0.15) is 19.4 Å². The molecule has 2 rings (SSSR count). The second-order valence-corrected chi connectivity index (χ2v) is 4.55. The molecule has 0 saturated heterocycles. The lowest BCUT2D eigenvalue weighted by atomic mass is 10.0. The maximum Gasteiger partial charge on any atom is 0.131 e. The molecular formula is C15H19N3. The Morgan fingerprint density at radius 3 is 2.50 bits per heavy atom. The summed E-state index contributed by atoms with van der Waals surface area (Å²) in [6.45, 7) is 4.67. The third kappa shape index (κ3) is 2.68. The molecule has 0 amide bonds. The fourth-order valence-electron chi connectivity index (χ4n) is 1.99. The highest BCUT2D eigenvalue weighted by Gasteiger charge is 2.10. The summed E-state index contributed by atoms with van der Waals surface area (Å²) in [6, 6.07) is 12.6. The van der Waals surface area contributed by atoms with Crippen molar-refractivity contribution in [3.63, 3.8) is 0 Å². The van der Waals surface area contributed by atoms with Gasteiger partial charge >= 0.3 is 0 Å². The SMILES string of the molecule is CC(C)Nc1nccc(-c2ccccc2)c1CN. The van der Waals surface area contributed by atoms with Gasteiger partial charge in [-0.25, -0.2) is 4.98 Å². The van der Waals surface area contributed by atoms with Crippen molar-refractivity contribution < 1.29 is 0 Å².